The first kappa shape index (κ1) is 60.0. The normalized spacial score (nSPS) is 17.6. The molecule has 10 rings (SSSR count). The molecule has 0 saturated carbocycles. The Balaban J connectivity index is 1.02. The average molecular weight is 1250 g/mol. The number of thiazole rings is 6. The van der Waals surface area contributed by atoms with Crippen molar-refractivity contribution in [1.29, 1.82) is 0 Å². The highest BCUT2D eigenvalue weighted by molar-refractivity contribution is 7.15. The first-order valence-electron chi connectivity index (χ1n) is 26.7. The second-order valence-corrected chi connectivity index (χ2v) is 25.6. The van der Waals surface area contributed by atoms with Crippen molar-refractivity contribution in [2.24, 2.45) is 5.92 Å². The molecule has 9 heterocycles. The molecule has 1 aromatic carbocycles. The Morgan fingerprint density at radius 1 is 0.738 bits per heavy atom. The predicted octanol–water partition coefficient (Wildman–Crippen LogP) is 6.76. The number of hydrogen-bond acceptors (Lipinski definition) is 23. The third-order valence-electron chi connectivity index (χ3n) is 13.5. The SMILES string of the molecule is CNC(=O)C[C@@H]1NC(=O)c2csc(n2)-c2ccc(-c3nc(C(=O)NCCCN4CCOCC4)cs3)nc2-c2csc(n2)-c2csc(n2)C(C(O)c2ccccc2)NC(=O)CNC(=O)c2nc(sc2COC)[C@H](C(C)C)NC(=O)c2nc1sc2C. The molecule has 6 amide bonds. The van der Waals surface area contributed by atoms with Crippen molar-refractivity contribution in [1.82, 2.24) is 71.7 Å². The second-order valence-electron chi connectivity index (χ2n) is 19.7. The van der Waals surface area contributed by atoms with Gasteiger partial charge in [0.05, 0.1) is 55.4 Å². The molecule has 29 heteroatoms. The van der Waals surface area contributed by atoms with Crippen LogP contribution in [0.5, 0.6) is 0 Å². The minimum Gasteiger partial charge on any atom is -0.386 e. The maximum atomic E-state index is 14.3. The van der Waals surface area contributed by atoms with Crippen LogP contribution in [0.25, 0.3) is 43.4 Å². The summed E-state index contributed by atoms with van der Waals surface area (Å²) in [6, 6.07) is 9.62. The molecule has 1 saturated heterocycles. The molecular formula is C55H58N14O9S6. The van der Waals surface area contributed by atoms with Gasteiger partial charge in [-0.25, -0.2) is 34.9 Å². The molecular weight excluding hydrogens is 1190 g/mol. The number of aliphatic hydroxyl groups is 1. The topological polar surface area (TPSA) is 307 Å². The van der Waals surface area contributed by atoms with Gasteiger partial charge in [0.15, 0.2) is 0 Å². The molecule has 438 valence electrons. The minimum absolute atomic E-state index is 0.00554. The molecule has 0 radical (unpaired) electrons. The molecule has 8 aromatic rings. The van der Waals surface area contributed by atoms with Crippen molar-refractivity contribution >= 4 is 103 Å². The van der Waals surface area contributed by atoms with E-state index in [0.717, 1.165) is 37.4 Å². The minimum atomic E-state index is -1.27. The number of ether oxygens (including phenoxy) is 2. The lowest BCUT2D eigenvalue weighted by molar-refractivity contribution is -0.122. The van der Waals surface area contributed by atoms with Gasteiger partial charge < -0.3 is 46.5 Å². The van der Waals surface area contributed by atoms with Crippen molar-refractivity contribution in [2.45, 2.75) is 64.4 Å². The van der Waals surface area contributed by atoms with E-state index in [1.54, 1.807) is 53.4 Å². The maximum absolute atomic E-state index is 14.3. The summed E-state index contributed by atoms with van der Waals surface area (Å²) in [6.07, 6.45) is -0.700. The molecule has 84 heavy (non-hydrogen) atoms. The summed E-state index contributed by atoms with van der Waals surface area (Å²) < 4.78 is 10.9. The largest absolute Gasteiger partial charge is 0.386 e. The fourth-order valence-corrected chi connectivity index (χ4v) is 14.7. The van der Waals surface area contributed by atoms with Gasteiger partial charge in [0, 0.05) is 65.8 Å². The number of aliphatic hydroxyl groups excluding tert-OH is 1. The third-order valence-corrected chi connectivity index (χ3v) is 19.2. The zero-order valence-electron chi connectivity index (χ0n) is 46.0. The van der Waals surface area contributed by atoms with E-state index in [0.29, 0.717) is 93.5 Å². The number of nitrogens with zero attached hydrogens (tertiary/aromatic N) is 8. The lowest BCUT2D eigenvalue weighted by Crippen LogP contribution is -2.40. The van der Waals surface area contributed by atoms with Gasteiger partial charge in [0.25, 0.3) is 23.6 Å². The summed E-state index contributed by atoms with van der Waals surface area (Å²) >= 11 is 7.27. The molecule has 0 spiro atoms. The molecule has 2 aliphatic rings. The Morgan fingerprint density at radius 2 is 1.46 bits per heavy atom. The standard InChI is InChI=1S/C55H58N14O9S6/c1-27(2)40-55-68-43(37(84-55)22-77-5)48(75)58-21-39(71)65-44(45(72)29-10-7-6-8-11-29)54-64-36(26-82-54)52-61-33(23-80-52)42-30(12-13-31(59-42)51-63-34(24-81-51)46(73)57-14-9-15-69-16-18-78-19-17-69)50-62-35(25-79-50)47(74)60-32(20-38(70)56-4)53-67-41(28(3)83-53)49(76)66-40/h6-8,10-13,23-27,32,40,44-45,72H,9,14-22H2,1-5H3,(H,56,70)(H,57,73)(H,58,75)(H,60,74)(H,65,71)(H,66,76)/t32-,40-,44?,45?/m0/s1. The van der Waals surface area contributed by atoms with E-state index in [9.17, 15) is 33.9 Å². The summed E-state index contributed by atoms with van der Waals surface area (Å²) in [4.78, 5) is 120. The Labute approximate surface area is 506 Å². The highest BCUT2D eigenvalue weighted by Gasteiger charge is 2.33. The van der Waals surface area contributed by atoms with Gasteiger partial charge in [-0.15, -0.1) is 68.0 Å². The van der Waals surface area contributed by atoms with E-state index in [4.69, 9.17) is 39.4 Å². The molecule has 7 aromatic heterocycles. The number of morpholine rings is 1. The second kappa shape index (κ2) is 27.2. The van der Waals surface area contributed by atoms with Crippen molar-refractivity contribution in [3.05, 3.63) is 117 Å². The number of nitrogens with one attached hydrogen (secondary N) is 6. The van der Waals surface area contributed by atoms with Crippen LogP contribution in [-0.2, 0) is 25.7 Å². The maximum Gasteiger partial charge on any atom is 0.271 e. The molecule has 0 aliphatic carbocycles. The number of carbonyl (C=O) groups is 6. The summed E-state index contributed by atoms with van der Waals surface area (Å²) in [5.74, 6) is -3.38. The molecule has 4 atom stereocenters. The van der Waals surface area contributed by atoms with Crippen molar-refractivity contribution in [3.8, 4) is 43.4 Å². The van der Waals surface area contributed by atoms with Crippen LogP contribution in [0.4, 0.5) is 0 Å². The molecule has 10 bridgehead atoms. The zero-order chi connectivity index (χ0) is 59.0. The van der Waals surface area contributed by atoms with E-state index < -0.39 is 54.4 Å². The molecule has 1 fully saturated rings. The summed E-state index contributed by atoms with van der Waals surface area (Å²) in [6.45, 7) is 9.44. The highest BCUT2D eigenvalue weighted by Crippen LogP contribution is 2.40. The van der Waals surface area contributed by atoms with E-state index in [1.807, 2.05) is 31.4 Å². The van der Waals surface area contributed by atoms with Crippen LogP contribution in [0, 0.1) is 12.8 Å². The summed E-state index contributed by atoms with van der Waals surface area (Å²) in [5, 5.41) is 38.4. The number of benzene rings is 1. The summed E-state index contributed by atoms with van der Waals surface area (Å²) in [7, 11) is 2.96. The van der Waals surface area contributed by atoms with E-state index in [-0.39, 0.29) is 53.5 Å². The number of carbonyl (C=O) groups excluding carboxylic acids is 6. The van der Waals surface area contributed by atoms with Gasteiger partial charge in [-0.2, -0.15) is 0 Å². The van der Waals surface area contributed by atoms with Gasteiger partial charge in [-0.1, -0.05) is 44.2 Å². The smallest absolute Gasteiger partial charge is 0.271 e. The number of methoxy groups -OCH3 is 1. The van der Waals surface area contributed by atoms with Crippen LogP contribution in [0.2, 0.25) is 0 Å². The van der Waals surface area contributed by atoms with Gasteiger partial charge in [0.1, 0.15) is 82.0 Å². The van der Waals surface area contributed by atoms with Crippen LogP contribution in [0.1, 0.15) is 123 Å². The predicted molar refractivity (Wildman–Crippen MR) is 321 cm³/mol. The number of aryl methyl sites for hydroxylation is 1. The molecule has 2 unspecified atom stereocenters. The number of fused-ring (bicyclic) bond motifs is 14. The van der Waals surface area contributed by atoms with Crippen molar-refractivity contribution < 1.29 is 43.3 Å². The number of aromatic nitrogens is 7. The van der Waals surface area contributed by atoms with Crippen LogP contribution in [0.3, 0.4) is 0 Å². The van der Waals surface area contributed by atoms with Gasteiger partial charge in [0.2, 0.25) is 11.8 Å². The number of hydrogen-bond donors (Lipinski definition) is 7. The van der Waals surface area contributed by atoms with Gasteiger partial charge in [-0.3, -0.25) is 33.7 Å². The van der Waals surface area contributed by atoms with Crippen LogP contribution < -0.4 is 31.9 Å². The Morgan fingerprint density at radius 3 is 2.24 bits per heavy atom. The van der Waals surface area contributed by atoms with Crippen molar-refractivity contribution in [2.75, 3.05) is 60.1 Å². The van der Waals surface area contributed by atoms with Crippen LogP contribution in [-0.4, -0.2) is 140 Å². The van der Waals surface area contributed by atoms with Crippen LogP contribution >= 0.6 is 68.0 Å². The lowest BCUT2D eigenvalue weighted by atomic mass is 10.0. The zero-order valence-corrected chi connectivity index (χ0v) is 50.9. The molecule has 2 aliphatic heterocycles. The Bertz CT molecular complexity index is 3680. The fourth-order valence-electron chi connectivity index (χ4n) is 9.11. The number of rotatable bonds is 13. The van der Waals surface area contributed by atoms with Gasteiger partial charge >= 0.3 is 0 Å². The first-order valence-corrected chi connectivity index (χ1v) is 31.8. The summed E-state index contributed by atoms with van der Waals surface area (Å²) in [5.41, 5.74) is 3.11. The quantitative estimate of drug-likeness (QED) is 0.0586. The fraction of sp³-hybridized carbons (Fsp3) is 0.364. The average Bonchev–Trinajstić information content (AvgIpc) is 4.29. The lowest BCUT2D eigenvalue weighted by Gasteiger charge is -2.26. The van der Waals surface area contributed by atoms with E-state index in [1.165, 1.54) is 70.8 Å². The highest BCUT2D eigenvalue weighted by atomic mass is 32.1. The Kier molecular flexibility index (Phi) is 19.4. The van der Waals surface area contributed by atoms with Crippen LogP contribution in [0.15, 0.2) is 64.0 Å². The Hall–Kier alpha value is -7.19. The molecule has 23 nitrogen and oxygen atoms in total. The van der Waals surface area contributed by atoms with E-state index in [2.05, 4.69) is 41.8 Å². The number of amides is 6. The first-order chi connectivity index (χ1) is 40.6. The third kappa shape index (κ3) is 14.0. The molecule has 7 N–H and O–H groups in total. The van der Waals surface area contributed by atoms with E-state index >= 15 is 0 Å². The number of pyridine rings is 1. The van der Waals surface area contributed by atoms with Gasteiger partial charge in [-0.05, 0) is 43.5 Å². The monoisotopic (exact) mass is 1250 g/mol. The van der Waals surface area contributed by atoms with Crippen molar-refractivity contribution in [3.63, 3.8) is 0 Å².